The lowest BCUT2D eigenvalue weighted by molar-refractivity contribution is -0.205. The predicted molar refractivity (Wildman–Crippen MR) is 140 cm³/mol. The number of hydrogen-bond acceptors (Lipinski definition) is 6. The van der Waals surface area contributed by atoms with Gasteiger partial charge >= 0.3 is 5.97 Å². The van der Waals surface area contributed by atoms with Crippen LogP contribution in [-0.2, 0) is 14.3 Å². The minimum atomic E-state index is -3.34. The summed E-state index contributed by atoms with van der Waals surface area (Å²) in [5.41, 5.74) is -1.93. The molecule has 8 atom stereocenters. The first kappa shape index (κ1) is 16.8. The standard InChI is InChI=1S/C28H47NO4S/c1-8-26(6)17-22(33-23(31)18-34-16-15-29(9-2)10-3)27(7)19(4)11-13-28(20(5)25(26)32)14-12-21(30)24(27)28/h8,19-20,22,24-25,32H,1,9-18H2,2-7H3/t19-,20+,22-,24+,25+,26-,27+,28+/m1/s1/i2D3,3D3,9D2,10D2. The van der Waals surface area contributed by atoms with Crippen LogP contribution < -0.4 is 0 Å². The van der Waals surface area contributed by atoms with Crippen molar-refractivity contribution in [3.8, 4) is 0 Å². The molecule has 194 valence electrons. The van der Waals surface area contributed by atoms with Crippen LogP contribution in [0.4, 0.5) is 0 Å². The van der Waals surface area contributed by atoms with Crippen LogP contribution in [0.3, 0.4) is 0 Å². The third-order valence-electron chi connectivity index (χ3n) is 9.52. The van der Waals surface area contributed by atoms with Crippen molar-refractivity contribution in [3.05, 3.63) is 12.7 Å². The molecular formula is C28H47NO4S. The van der Waals surface area contributed by atoms with E-state index in [0.29, 0.717) is 12.8 Å². The maximum Gasteiger partial charge on any atom is 0.316 e. The van der Waals surface area contributed by atoms with Crippen molar-refractivity contribution in [2.45, 2.75) is 85.7 Å². The van der Waals surface area contributed by atoms with Gasteiger partial charge in [-0.2, -0.15) is 0 Å². The number of esters is 1. The molecule has 0 aromatic rings. The fraction of sp³-hybridized carbons (Fsp3) is 0.857. The number of rotatable bonds is 9. The van der Waals surface area contributed by atoms with Crippen LogP contribution in [0.2, 0.25) is 0 Å². The SMILES string of the molecule is [2H]C([2H])([2H])C([2H])([2H])N(CCSCC(=O)O[C@@H]1C[C@@](C)(C=C)[C@@H](O)[C@H](C)[C@]23CCC(=O)[C@H]2[C@@]1(C)[C@H](C)CC3)C([2H])([2H])C([2H])([2H])[2H]. The van der Waals surface area contributed by atoms with Crippen LogP contribution in [0.25, 0.3) is 0 Å². The van der Waals surface area contributed by atoms with Gasteiger partial charge in [0.15, 0.2) is 0 Å². The van der Waals surface area contributed by atoms with Crippen molar-refractivity contribution >= 4 is 23.5 Å². The van der Waals surface area contributed by atoms with Gasteiger partial charge < -0.3 is 14.7 Å². The highest BCUT2D eigenvalue weighted by Crippen LogP contribution is 2.67. The first-order valence-corrected chi connectivity index (χ1v) is 13.4. The zero-order valence-corrected chi connectivity index (χ0v) is 21.7. The van der Waals surface area contributed by atoms with Crippen molar-refractivity contribution in [2.24, 2.45) is 34.0 Å². The van der Waals surface area contributed by atoms with Crippen molar-refractivity contribution in [1.82, 2.24) is 4.90 Å². The molecule has 3 fully saturated rings. The monoisotopic (exact) mass is 503 g/mol. The quantitative estimate of drug-likeness (QED) is 0.272. The molecule has 0 radical (unpaired) electrons. The van der Waals surface area contributed by atoms with E-state index in [2.05, 4.69) is 13.5 Å². The van der Waals surface area contributed by atoms with Gasteiger partial charge in [-0.15, -0.1) is 18.3 Å². The lowest BCUT2D eigenvalue weighted by Crippen LogP contribution is -2.63. The number of hydrogen-bond donors (Lipinski definition) is 1. The molecule has 0 aromatic heterocycles. The van der Waals surface area contributed by atoms with Crippen molar-refractivity contribution < 1.29 is 33.1 Å². The van der Waals surface area contributed by atoms with Gasteiger partial charge in [0, 0.05) is 49.2 Å². The molecule has 3 saturated carbocycles. The summed E-state index contributed by atoms with van der Waals surface area (Å²) in [6, 6.07) is 0. The van der Waals surface area contributed by atoms with Gasteiger partial charge in [-0.25, -0.2) is 0 Å². The Morgan fingerprint density at radius 1 is 1.35 bits per heavy atom. The largest absolute Gasteiger partial charge is 0.461 e. The van der Waals surface area contributed by atoms with E-state index in [-0.39, 0.29) is 46.4 Å². The molecule has 0 saturated heterocycles. The molecule has 3 aliphatic carbocycles. The summed E-state index contributed by atoms with van der Waals surface area (Å²) in [7, 11) is 0. The van der Waals surface area contributed by atoms with Gasteiger partial charge in [0.1, 0.15) is 11.9 Å². The van der Waals surface area contributed by atoms with E-state index < -0.39 is 67.7 Å². The Balaban J connectivity index is 1.84. The Kier molecular flexibility index (Phi) is 5.26. The topological polar surface area (TPSA) is 66.8 Å². The van der Waals surface area contributed by atoms with Crippen LogP contribution in [0.15, 0.2) is 12.7 Å². The maximum absolute atomic E-state index is 13.5. The molecule has 6 heteroatoms. The minimum Gasteiger partial charge on any atom is -0.461 e. The van der Waals surface area contributed by atoms with Crippen LogP contribution in [0.1, 0.15) is 87.2 Å². The number of aliphatic hydroxyl groups excluding tert-OH is 1. The molecule has 1 N–H and O–H groups in total. The number of nitrogens with zero attached hydrogens (tertiary/aromatic N) is 1. The van der Waals surface area contributed by atoms with E-state index in [1.807, 2.05) is 20.8 Å². The smallest absolute Gasteiger partial charge is 0.316 e. The third-order valence-corrected chi connectivity index (χ3v) is 10.4. The van der Waals surface area contributed by atoms with Crippen LogP contribution in [0.5, 0.6) is 0 Å². The molecule has 0 amide bonds. The first-order valence-electron chi connectivity index (χ1n) is 17.2. The highest BCUT2D eigenvalue weighted by molar-refractivity contribution is 7.99. The highest BCUT2D eigenvalue weighted by atomic mass is 32.2. The van der Waals surface area contributed by atoms with Gasteiger partial charge in [-0.05, 0) is 55.9 Å². The molecule has 0 aliphatic heterocycles. The Morgan fingerprint density at radius 3 is 2.71 bits per heavy atom. The lowest BCUT2D eigenvalue weighted by atomic mass is 9.44. The van der Waals surface area contributed by atoms with Crippen molar-refractivity contribution in [2.75, 3.05) is 31.0 Å². The fourth-order valence-corrected chi connectivity index (χ4v) is 7.84. The van der Waals surface area contributed by atoms with Crippen LogP contribution in [-0.4, -0.2) is 65.0 Å². The van der Waals surface area contributed by atoms with E-state index in [9.17, 15) is 14.7 Å². The number of ether oxygens (including phenoxy) is 1. The summed E-state index contributed by atoms with van der Waals surface area (Å²) in [6.45, 7) is -1.90. The average Bonchev–Trinajstić information content (AvgIpc) is 3.25. The molecule has 3 aliphatic rings. The van der Waals surface area contributed by atoms with E-state index >= 15 is 0 Å². The van der Waals surface area contributed by atoms with E-state index in [1.54, 1.807) is 6.08 Å². The first-order chi connectivity index (χ1) is 19.8. The normalized spacial score (nSPS) is 48.1. The molecule has 0 spiro atoms. The molecule has 3 rings (SSSR count). The van der Waals surface area contributed by atoms with Gasteiger partial charge in [0.25, 0.3) is 0 Å². The Bertz CT molecular complexity index is 1090. The predicted octanol–water partition coefficient (Wildman–Crippen LogP) is 4.97. The number of carbonyl (C=O) groups excluding carboxylic acids is 2. The minimum absolute atomic E-state index is 0.0439. The number of carbonyl (C=O) groups is 2. The highest BCUT2D eigenvalue weighted by Gasteiger charge is 2.68. The van der Waals surface area contributed by atoms with E-state index in [4.69, 9.17) is 18.4 Å². The zero-order chi connectivity index (χ0) is 33.9. The van der Waals surface area contributed by atoms with Gasteiger partial charge in [-0.3, -0.25) is 9.59 Å². The zero-order valence-electron chi connectivity index (χ0n) is 30.9. The summed E-state index contributed by atoms with van der Waals surface area (Å²) < 4.78 is 83.6. The second-order valence-corrected chi connectivity index (χ2v) is 12.1. The van der Waals surface area contributed by atoms with Crippen LogP contribution in [0, 0.1) is 34.0 Å². The van der Waals surface area contributed by atoms with Crippen LogP contribution >= 0.6 is 11.8 Å². The number of aliphatic hydroxyl groups is 1. The molecule has 0 unspecified atom stereocenters. The van der Waals surface area contributed by atoms with Gasteiger partial charge in [0.2, 0.25) is 0 Å². The van der Waals surface area contributed by atoms with Crippen molar-refractivity contribution in [1.29, 1.82) is 0 Å². The molecule has 0 heterocycles. The Labute approximate surface area is 225 Å². The number of ketones is 1. The Hall–Kier alpha value is -0.850. The van der Waals surface area contributed by atoms with Gasteiger partial charge in [-0.1, -0.05) is 47.5 Å². The van der Waals surface area contributed by atoms with E-state index in [0.717, 1.165) is 24.6 Å². The molecule has 0 aromatic carbocycles. The average molecular weight is 504 g/mol. The summed E-state index contributed by atoms with van der Waals surface area (Å²) in [6.07, 6.45) is 3.12. The number of thioether (sulfide) groups is 1. The van der Waals surface area contributed by atoms with E-state index in [1.165, 1.54) is 0 Å². The third kappa shape index (κ3) is 4.64. The lowest BCUT2D eigenvalue weighted by Gasteiger charge is -2.61. The molecule has 5 nitrogen and oxygen atoms in total. The van der Waals surface area contributed by atoms with Crippen molar-refractivity contribution in [3.63, 3.8) is 0 Å². The molecular weight excluding hydrogens is 446 g/mol. The molecule has 2 bridgehead atoms. The summed E-state index contributed by atoms with van der Waals surface area (Å²) in [5.74, 6) is -1.43. The second-order valence-electron chi connectivity index (χ2n) is 11.0. The summed E-state index contributed by atoms with van der Waals surface area (Å²) >= 11 is 0.936. The molecule has 34 heavy (non-hydrogen) atoms. The summed E-state index contributed by atoms with van der Waals surface area (Å²) in [5, 5.41) is 11.6. The number of Topliss-reactive ketones (excluding diaryl/α,β-unsaturated/α-hetero) is 1. The maximum atomic E-state index is 13.5. The fourth-order valence-electron chi connectivity index (χ4n) is 7.15. The summed E-state index contributed by atoms with van der Waals surface area (Å²) in [4.78, 5) is 27.0. The van der Waals surface area contributed by atoms with Gasteiger partial charge in [0.05, 0.1) is 11.9 Å². The Morgan fingerprint density at radius 2 is 2.06 bits per heavy atom. The second kappa shape index (κ2) is 10.6.